The Hall–Kier alpha value is -0.420. The summed E-state index contributed by atoms with van der Waals surface area (Å²) < 4.78 is 6.17. The quantitative estimate of drug-likeness (QED) is 0.859. The number of halogens is 1. The molecule has 4 heteroatoms. The van der Waals surface area contributed by atoms with E-state index in [0.717, 1.165) is 26.3 Å². The normalized spacial score (nSPS) is 21.1. The maximum atomic E-state index is 5.01. The fraction of sp³-hybridized carbons (Fsp3) is 0.667. The highest BCUT2D eigenvalue weighted by atomic mass is 79.9. The van der Waals surface area contributed by atoms with Crippen LogP contribution in [0, 0.1) is 0 Å². The topological polar surface area (TPSA) is 24.5 Å². The van der Waals surface area contributed by atoms with Gasteiger partial charge in [0, 0.05) is 23.1 Å². The van der Waals surface area contributed by atoms with Gasteiger partial charge in [0.1, 0.15) is 0 Å². The summed E-state index contributed by atoms with van der Waals surface area (Å²) in [6.45, 7) is 3.83. The first kappa shape index (κ1) is 17.9. The van der Waals surface area contributed by atoms with E-state index in [2.05, 4.69) is 64.5 Å². The molecule has 0 amide bonds. The molecule has 0 unspecified atom stereocenters. The van der Waals surface area contributed by atoms with E-state index in [9.17, 15) is 0 Å². The molecule has 0 aromatic heterocycles. The van der Waals surface area contributed by atoms with Crippen molar-refractivity contribution in [3.05, 3.63) is 34.3 Å². The van der Waals surface area contributed by atoms with E-state index in [1.54, 1.807) is 0 Å². The number of nitrogens with zero attached hydrogens (tertiary/aromatic N) is 1. The molecule has 1 heterocycles. The SMILES string of the molecule is C1COCCN1.CN(C)C1(c2ccc(Br)cc2)CCCCC1. The van der Waals surface area contributed by atoms with Crippen LogP contribution in [0.3, 0.4) is 0 Å². The highest BCUT2D eigenvalue weighted by Gasteiger charge is 2.35. The smallest absolute Gasteiger partial charge is 0.0591 e. The van der Waals surface area contributed by atoms with Gasteiger partial charge in [0.25, 0.3) is 0 Å². The van der Waals surface area contributed by atoms with Crippen LogP contribution in [0.15, 0.2) is 28.7 Å². The predicted molar refractivity (Wildman–Crippen MR) is 96.3 cm³/mol. The fourth-order valence-electron chi connectivity index (χ4n) is 3.41. The monoisotopic (exact) mass is 368 g/mol. The van der Waals surface area contributed by atoms with Crippen molar-refractivity contribution in [3.63, 3.8) is 0 Å². The molecule has 1 aliphatic carbocycles. The summed E-state index contributed by atoms with van der Waals surface area (Å²) in [5.74, 6) is 0. The third-order valence-electron chi connectivity index (χ3n) is 4.76. The lowest BCUT2D eigenvalue weighted by molar-refractivity contribution is 0.0988. The molecule has 1 aromatic carbocycles. The van der Waals surface area contributed by atoms with Crippen molar-refractivity contribution in [2.24, 2.45) is 0 Å². The first-order valence-corrected chi connectivity index (χ1v) is 9.16. The zero-order valence-corrected chi connectivity index (χ0v) is 15.5. The molecule has 2 fully saturated rings. The van der Waals surface area contributed by atoms with Crippen LogP contribution in [0.2, 0.25) is 0 Å². The van der Waals surface area contributed by atoms with E-state index < -0.39 is 0 Å². The van der Waals surface area contributed by atoms with Crippen LogP contribution < -0.4 is 5.32 Å². The van der Waals surface area contributed by atoms with Gasteiger partial charge in [-0.15, -0.1) is 0 Å². The van der Waals surface area contributed by atoms with Crippen LogP contribution in [0.4, 0.5) is 0 Å². The summed E-state index contributed by atoms with van der Waals surface area (Å²) in [4.78, 5) is 2.41. The second-order valence-corrected chi connectivity index (χ2v) is 7.27. The molecule has 2 aliphatic rings. The third kappa shape index (κ3) is 4.79. The highest BCUT2D eigenvalue weighted by molar-refractivity contribution is 9.10. The lowest BCUT2D eigenvalue weighted by Crippen LogP contribution is -2.42. The Morgan fingerprint density at radius 2 is 1.59 bits per heavy atom. The number of nitrogens with one attached hydrogen (secondary N) is 1. The van der Waals surface area contributed by atoms with Crippen LogP contribution in [0.5, 0.6) is 0 Å². The lowest BCUT2D eigenvalue weighted by Gasteiger charge is -2.43. The van der Waals surface area contributed by atoms with E-state index in [1.807, 2.05) is 0 Å². The van der Waals surface area contributed by atoms with Gasteiger partial charge >= 0.3 is 0 Å². The minimum Gasteiger partial charge on any atom is -0.379 e. The Labute approximate surface area is 143 Å². The molecular weight excluding hydrogens is 340 g/mol. The van der Waals surface area contributed by atoms with Crippen LogP contribution in [-0.4, -0.2) is 45.3 Å². The van der Waals surface area contributed by atoms with Crippen molar-refractivity contribution in [2.45, 2.75) is 37.6 Å². The van der Waals surface area contributed by atoms with Crippen molar-refractivity contribution >= 4 is 15.9 Å². The van der Waals surface area contributed by atoms with Gasteiger partial charge in [-0.3, -0.25) is 4.90 Å². The molecule has 0 radical (unpaired) electrons. The molecular formula is C18H29BrN2O. The van der Waals surface area contributed by atoms with Gasteiger partial charge in [0.15, 0.2) is 0 Å². The maximum Gasteiger partial charge on any atom is 0.0591 e. The van der Waals surface area contributed by atoms with Crippen LogP contribution in [-0.2, 0) is 10.3 Å². The first-order chi connectivity index (χ1) is 10.6. The van der Waals surface area contributed by atoms with E-state index in [0.29, 0.717) is 0 Å². The van der Waals surface area contributed by atoms with Crippen molar-refractivity contribution in [3.8, 4) is 0 Å². The second-order valence-electron chi connectivity index (χ2n) is 6.36. The second kappa shape index (κ2) is 9.02. The van der Waals surface area contributed by atoms with Gasteiger partial charge in [0.05, 0.1) is 13.2 Å². The third-order valence-corrected chi connectivity index (χ3v) is 5.29. The van der Waals surface area contributed by atoms with Gasteiger partial charge in [0.2, 0.25) is 0 Å². The van der Waals surface area contributed by atoms with E-state index in [4.69, 9.17) is 4.74 Å². The number of hydrogen-bond acceptors (Lipinski definition) is 3. The summed E-state index contributed by atoms with van der Waals surface area (Å²) >= 11 is 3.51. The number of morpholine rings is 1. The Morgan fingerprint density at radius 1 is 1.00 bits per heavy atom. The molecule has 0 bridgehead atoms. The summed E-state index contributed by atoms with van der Waals surface area (Å²) in [5.41, 5.74) is 1.75. The molecule has 1 N–H and O–H groups in total. The number of ether oxygens (including phenoxy) is 1. The highest BCUT2D eigenvalue weighted by Crippen LogP contribution is 2.41. The number of benzene rings is 1. The molecule has 22 heavy (non-hydrogen) atoms. The summed E-state index contributed by atoms with van der Waals surface area (Å²) in [6.07, 6.45) is 6.69. The van der Waals surface area contributed by atoms with Crippen molar-refractivity contribution < 1.29 is 4.74 Å². The van der Waals surface area contributed by atoms with E-state index in [-0.39, 0.29) is 5.54 Å². The van der Waals surface area contributed by atoms with Crippen molar-refractivity contribution in [1.82, 2.24) is 10.2 Å². The number of rotatable bonds is 2. The minimum absolute atomic E-state index is 0.277. The molecule has 1 saturated heterocycles. The Kier molecular flexibility index (Phi) is 7.35. The van der Waals surface area contributed by atoms with Gasteiger partial charge in [-0.2, -0.15) is 0 Å². The average molecular weight is 369 g/mol. The van der Waals surface area contributed by atoms with Gasteiger partial charge in [-0.25, -0.2) is 0 Å². The Morgan fingerprint density at radius 3 is 2.00 bits per heavy atom. The summed E-state index contributed by atoms with van der Waals surface area (Å²) in [6, 6.07) is 8.87. The first-order valence-electron chi connectivity index (χ1n) is 8.37. The summed E-state index contributed by atoms with van der Waals surface area (Å²) in [5, 5.41) is 3.16. The van der Waals surface area contributed by atoms with Gasteiger partial charge in [-0.05, 0) is 44.6 Å². The summed E-state index contributed by atoms with van der Waals surface area (Å²) in [7, 11) is 4.43. The average Bonchev–Trinajstić information content (AvgIpc) is 2.58. The fourth-order valence-corrected chi connectivity index (χ4v) is 3.67. The number of hydrogen-bond donors (Lipinski definition) is 1. The maximum absolute atomic E-state index is 5.01. The molecule has 0 atom stereocenters. The van der Waals surface area contributed by atoms with Crippen LogP contribution in [0.25, 0.3) is 0 Å². The zero-order valence-electron chi connectivity index (χ0n) is 13.9. The van der Waals surface area contributed by atoms with Crippen molar-refractivity contribution in [1.29, 1.82) is 0 Å². The Balaban J connectivity index is 0.000000246. The van der Waals surface area contributed by atoms with Crippen molar-refractivity contribution in [2.75, 3.05) is 40.4 Å². The molecule has 124 valence electrons. The lowest BCUT2D eigenvalue weighted by atomic mass is 9.76. The molecule has 1 aromatic rings. The molecule has 0 spiro atoms. The molecule has 3 nitrogen and oxygen atoms in total. The Bertz CT molecular complexity index is 412. The van der Waals surface area contributed by atoms with E-state index >= 15 is 0 Å². The standard InChI is InChI=1S/C14H20BrN.C4H9NO/c1-16(2)14(10-4-3-5-11-14)12-6-8-13(15)9-7-12;1-3-6-4-2-5-1/h6-9H,3-5,10-11H2,1-2H3;5H,1-4H2. The molecule has 1 saturated carbocycles. The minimum atomic E-state index is 0.277. The van der Waals surface area contributed by atoms with Crippen LogP contribution >= 0.6 is 15.9 Å². The molecule has 1 aliphatic heterocycles. The molecule has 3 rings (SSSR count). The van der Waals surface area contributed by atoms with Gasteiger partial charge in [-0.1, -0.05) is 47.3 Å². The van der Waals surface area contributed by atoms with Crippen LogP contribution in [0.1, 0.15) is 37.7 Å². The van der Waals surface area contributed by atoms with Gasteiger partial charge < -0.3 is 10.1 Å². The largest absolute Gasteiger partial charge is 0.379 e. The van der Waals surface area contributed by atoms with E-state index in [1.165, 1.54) is 42.1 Å². The predicted octanol–water partition coefficient (Wildman–Crippen LogP) is 3.78. The zero-order chi connectivity index (χ0) is 15.8.